The fourth-order valence-corrected chi connectivity index (χ4v) is 3.82. The van der Waals surface area contributed by atoms with Crippen LogP contribution in [0.1, 0.15) is 6.92 Å². The molecule has 13 heavy (non-hydrogen) atoms. The standard InChI is InChI=1S/C8H9AsClNO2/c1-2-9(10)7-5-3-4-6-8(7)11(12)13/h3-6H,2H2,1H3. The Morgan fingerprint density at radius 2 is 2.15 bits per heavy atom. The second-order valence-electron chi connectivity index (χ2n) is 2.42. The molecule has 1 unspecified atom stereocenters. The number of hydrogen-bond acceptors (Lipinski definition) is 2. The van der Waals surface area contributed by atoms with Crippen LogP contribution in [-0.2, 0) is 0 Å². The van der Waals surface area contributed by atoms with Crippen molar-refractivity contribution in [2.75, 3.05) is 0 Å². The minimum absolute atomic E-state index is 0.166. The van der Waals surface area contributed by atoms with Crippen LogP contribution < -0.4 is 4.35 Å². The molecule has 1 aromatic rings. The number of nitro benzene ring substituents is 1. The first-order chi connectivity index (χ1) is 6.16. The third kappa shape index (κ3) is 2.45. The van der Waals surface area contributed by atoms with E-state index in [1.165, 1.54) is 6.07 Å². The molecule has 0 heterocycles. The second-order valence-corrected chi connectivity index (χ2v) is 8.40. The van der Waals surface area contributed by atoms with Gasteiger partial charge in [-0.1, -0.05) is 0 Å². The summed E-state index contributed by atoms with van der Waals surface area (Å²) in [5.74, 6) is 0. The van der Waals surface area contributed by atoms with Crippen LogP contribution in [0.2, 0.25) is 5.21 Å². The Morgan fingerprint density at radius 1 is 1.54 bits per heavy atom. The minimum atomic E-state index is -1.67. The number of hydrogen-bond donors (Lipinski definition) is 0. The Kier molecular flexibility index (Phi) is 3.76. The van der Waals surface area contributed by atoms with Crippen LogP contribution in [0.5, 0.6) is 0 Å². The van der Waals surface area contributed by atoms with E-state index in [1.54, 1.807) is 18.2 Å². The fraction of sp³-hybridized carbons (Fsp3) is 0.250. The molecule has 1 rings (SSSR count). The summed E-state index contributed by atoms with van der Waals surface area (Å²) in [6.07, 6.45) is 0. The first-order valence-corrected chi connectivity index (χ1v) is 8.56. The Bertz CT molecular complexity index is 319. The van der Waals surface area contributed by atoms with Crippen molar-refractivity contribution in [2.45, 2.75) is 12.1 Å². The van der Waals surface area contributed by atoms with Gasteiger partial charge in [0.25, 0.3) is 0 Å². The molecule has 0 N–H and O–H groups in total. The Labute approximate surface area is 85.3 Å². The quantitative estimate of drug-likeness (QED) is 0.475. The summed E-state index contributed by atoms with van der Waals surface area (Å²) in [7, 11) is 6.08. The van der Waals surface area contributed by atoms with Crippen molar-refractivity contribution in [1.82, 2.24) is 0 Å². The third-order valence-electron chi connectivity index (χ3n) is 1.62. The Morgan fingerprint density at radius 3 is 2.69 bits per heavy atom. The summed E-state index contributed by atoms with van der Waals surface area (Å²) in [6, 6.07) is 6.72. The number of benzene rings is 1. The van der Waals surface area contributed by atoms with Gasteiger partial charge >= 0.3 is 85.1 Å². The number of halogens is 1. The number of nitro groups is 1. The number of para-hydroxylation sites is 1. The average Bonchev–Trinajstić information content (AvgIpc) is 2.16. The van der Waals surface area contributed by atoms with E-state index in [-0.39, 0.29) is 10.6 Å². The molecule has 0 amide bonds. The van der Waals surface area contributed by atoms with Crippen LogP contribution in [0.3, 0.4) is 0 Å². The summed E-state index contributed by atoms with van der Waals surface area (Å²) >= 11 is -1.67. The molecule has 0 saturated heterocycles. The Balaban J connectivity index is 3.11. The predicted molar refractivity (Wildman–Crippen MR) is 54.8 cm³/mol. The van der Waals surface area contributed by atoms with E-state index in [0.29, 0.717) is 0 Å². The van der Waals surface area contributed by atoms with Crippen molar-refractivity contribution in [3.8, 4) is 0 Å². The van der Waals surface area contributed by atoms with Crippen molar-refractivity contribution in [1.29, 1.82) is 0 Å². The summed E-state index contributed by atoms with van der Waals surface area (Å²) in [4.78, 5) is 10.2. The van der Waals surface area contributed by atoms with Crippen LogP contribution in [0.15, 0.2) is 24.3 Å². The summed E-state index contributed by atoms with van der Waals surface area (Å²) in [5, 5.41) is 11.4. The molecule has 1 atom stereocenters. The average molecular weight is 262 g/mol. The molecule has 0 spiro atoms. The van der Waals surface area contributed by atoms with Crippen molar-refractivity contribution < 1.29 is 4.92 Å². The van der Waals surface area contributed by atoms with Gasteiger partial charge in [0, 0.05) is 0 Å². The summed E-state index contributed by atoms with van der Waals surface area (Å²) in [5.41, 5.74) is 0.166. The number of rotatable bonds is 3. The maximum atomic E-state index is 10.6. The molecule has 0 radical (unpaired) electrons. The van der Waals surface area contributed by atoms with E-state index in [9.17, 15) is 10.1 Å². The third-order valence-corrected chi connectivity index (χ3v) is 6.86. The van der Waals surface area contributed by atoms with E-state index in [4.69, 9.17) is 9.95 Å². The van der Waals surface area contributed by atoms with Gasteiger partial charge in [0.2, 0.25) is 0 Å². The number of nitrogens with zero attached hydrogens (tertiary/aromatic N) is 1. The van der Waals surface area contributed by atoms with Crippen LogP contribution >= 0.6 is 9.95 Å². The molecule has 0 aliphatic carbocycles. The van der Waals surface area contributed by atoms with Gasteiger partial charge in [-0.25, -0.2) is 0 Å². The van der Waals surface area contributed by atoms with Gasteiger partial charge < -0.3 is 0 Å². The van der Waals surface area contributed by atoms with E-state index < -0.39 is 13.7 Å². The van der Waals surface area contributed by atoms with Crippen LogP contribution in [0.25, 0.3) is 0 Å². The normalized spacial score (nSPS) is 12.5. The van der Waals surface area contributed by atoms with Gasteiger partial charge in [-0.3, -0.25) is 0 Å². The molecule has 0 aliphatic heterocycles. The van der Waals surface area contributed by atoms with Gasteiger partial charge in [0.1, 0.15) is 0 Å². The van der Waals surface area contributed by atoms with Crippen molar-refractivity contribution in [2.24, 2.45) is 0 Å². The fourth-order valence-electron chi connectivity index (χ4n) is 0.994. The van der Waals surface area contributed by atoms with E-state index >= 15 is 0 Å². The van der Waals surface area contributed by atoms with Crippen molar-refractivity contribution in [3.63, 3.8) is 0 Å². The zero-order valence-corrected chi connectivity index (χ0v) is 9.74. The van der Waals surface area contributed by atoms with Gasteiger partial charge in [-0.15, -0.1) is 0 Å². The first kappa shape index (κ1) is 10.5. The molecule has 70 valence electrons. The van der Waals surface area contributed by atoms with E-state index in [0.717, 1.165) is 9.56 Å². The van der Waals surface area contributed by atoms with Gasteiger partial charge in [0.15, 0.2) is 0 Å². The summed E-state index contributed by atoms with van der Waals surface area (Å²) < 4.78 is 0.740. The maximum absolute atomic E-state index is 10.6. The molecule has 0 bridgehead atoms. The molecular weight excluding hydrogens is 252 g/mol. The van der Waals surface area contributed by atoms with Gasteiger partial charge in [-0.05, 0) is 0 Å². The van der Waals surface area contributed by atoms with E-state index in [1.807, 2.05) is 6.92 Å². The molecule has 1 aromatic carbocycles. The van der Waals surface area contributed by atoms with Gasteiger partial charge in [-0.2, -0.15) is 0 Å². The van der Waals surface area contributed by atoms with E-state index in [2.05, 4.69) is 0 Å². The summed E-state index contributed by atoms with van der Waals surface area (Å²) in [6.45, 7) is 1.96. The Hall–Kier alpha value is -0.532. The SMILES string of the molecule is CC[As](Cl)c1ccccc1[N+](=O)[O-]. The second kappa shape index (κ2) is 4.63. The molecule has 5 heteroatoms. The predicted octanol–water partition coefficient (Wildman–Crippen LogP) is 2.05. The molecule has 3 nitrogen and oxygen atoms in total. The van der Waals surface area contributed by atoms with Crippen LogP contribution in [0.4, 0.5) is 5.69 Å². The molecule has 0 fully saturated rings. The molecule has 0 aliphatic rings. The topological polar surface area (TPSA) is 43.1 Å². The zero-order chi connectivity index (χ0) is 9.84. The van der Waals surface area contributed by atoms with Crippen molar-refractivity contribution in [3.05, 3.63) is 34.4 Å². The zero-order valence-electron chi connectivity index (χ0n) is 7.11. The first-order valence-electron chi connectivity index (χ1n) is 3.83. The monoisotopic (exact) mass is 261 g/mol. The van der Waals surface area contributed by atoms with Crippen LogP contribution in [-0.4, -0.2) is 18.6 Å². The molecular formula is C8H9AsClNO2. The van der Waals surface area contributed by atoms with Crippen LogP contribution in [0, 0.1) is 10.1 Å². The molecule has 0 saturated carbocycles. The van der Waals surface area contributed by atoms with Gasteiger partial charge in [0.05, 0.1) is 0 Å². The van der Waals surface area contributed by atoms with Crippen molar-refractivity contribution >= 4 is 33.7 Å². The molecule has 0 aromatic heterocycles.